The molecule has 0 bridgehead atoms. The molecule has 0 saturated carbocycles. The van der Waals surface area contributed by atoms with Crippen LogP contribution in [-0.4, -0.2) is 52.4 Å². The highest BCUT2D eigenvalue weighted by Crippen LogP contribution is 2.24. The van der Waals surface area contributed by atoms with Crippen molar-refractivity contribution < 1.29 is 24.9 Å². The summed E-state index contributed by atoms with van der Waals surface area (Å²) in [4.78, 5) is 13.4. The molecule has 7 heteroatoms. The summed E-state index contributed by atoms with van der Waals surface area (Å²) in [5, 5.41) is 33.0. The van der Waals surface area contributed by atoms with E-state index in [9.17, 15) is 20.1 Å². The van der Waals surface area contributed by atoms with Crippen LogP contribution in [0.3, 0.4) is 0 Å². The minimum atomic E-state index is -0.713. The van der Waals surface area contributed by atoms with Gasteiger partial charge in [-0.3, -0.25) is 9.69 Å². The number of hydrogen-bond acceptors (Lipinski definition) is 6. The molecule has 0 spiro atoms. The van der Waals surface area contributed by atoms with Crippen LogP contribution in [0.5, 0.6) is 5.75 Å². The first-order valence-electron chi connectivity index (χ1n) is 13.8. The predicted molar refractivity (Wildman–Crippen MR) is 154 cm³/mol. The highest BCUT2D eigenvalue weighted by atomic mass is 16.5. The first-order valence-corrected chi connectivity index (χ1v) is 13.8. The van der Waals surface area contributed by atoms with Crippen LogP contribution in [-0.2, 0) is 29.1 Å². The lowest BCUT2D eigenvalue weighted by atomic mass is 10.0. The van der Waals surface area contributed by atoms with Crippen molar-refractivity contribution in [3.63, 3.8) is 0 Å². The molecule has 1 atom stereocenters. The smallest absolute Gasteiger partial charge is 0.221 e. The van der Waals surface area contributed by atoms with Gasteiger partial charge in [0.15, 0.2) is 0 Å². The lowest BCUT2D eigenvalue weighted by Crippen LogP contribution is -2.29. The summed E-state index contributed by atoms with van der Waals surface area (Å²) in [7, 11) is 0. The molecule has 0 aliphatic heterocycles. The van der Waals surface area contributed by atoms with Gasteiger partial charge in [0.05, 0.1) is 19.3 Å². The number of benzene rings is 3. The van der Waals surface area contributed by atoms with Gasteiger partial charge in [0.2, 0.25) is 5.91 Å². The van der Waals surface area contributed by atoms with Gasteiger partial charge in [0.25, 0.3) is 0 Å². The van der Waals surface area contributed by atoms with Gasteiger partial charge in [-0.2, -0.15) is 0 Å². The molecule has 4 N–H and O–H groups in total. The second kappa shape index (κ2) is 16.7. The van der Waals surface area contributed by atoms with Gasteiger partial charge in [0, 0.05) is 37.9 Å². The van der Waals surface area contributed by atoms with Gasteiger partial charge in [-0.15, -0.1) is 0 Å². The fourth-order valence-electron chi connectivity index (χ4n) is 4.51. The van der Waals surface area contributed by atoms with Crippen LogP contribution in [0.25, 0.3) is 0 Å². The van der Waals surface area contributed by atoms with E-state index in [1.54, 1.807) is 12.1 Å². The molecule has 0 saturated heterocycles. The van der Waals surface area contributed by atoms with E-state index in [4.69, 9.17) is 4.74 Å². The Bertz CT molecular complexity index is 1120. The van der Waals surface area contributed by atoms with Crippen LogP contribution in [0.15, 0.2) is 72.8 Å². The first kappa shape index (κ1) is 30.3. The number of anilines is 1. The van der Waals surface area contributed by atoms with Crippen molar-refractivity contribution in [3.8, 4) is 5.75 Å². The van der Waals surface area contributed by atoms with Gasteiger partial charge in [-0.25, -0.2) is 0 Å². The molecule has 210 valence electrons. The van der Waals surface area contributed by atoms with E-state index in [1.165, 1.54) is 24.1 Å². The summed E-state index contributed by atoms with van der Waals surface area (Å²) >= 11 is 0. The quantitative estimate of drug-likeness (QED) is 0.178. The van der Waals surface area contributed by atoms with Crippen molar-refractivity contribution in [2.24, 2.45) is 0 Å². The Morgan fingerprint density at radius 2 is 1.67 bits per heavy atom. The molecule has 0 fully saturated rings. The maximum atomic E-state index is 11.1. The van der Waals surface area contributed by atoms with Gasteiger partial charge in [-0.1, -0.05) is 61.4 Å². The summed E-state index contributed by atoms with van der Waals surface area (Å²) in [6, 6.07) is 23.0. The minimum Gasteiger partial charge on any atom is -0.508 e. The highest BCUT2D eigenvalue weighted by Gasteiger charge is 2.15. The second-order valence-electron chi connectivity index (χ2n) is 9.94. The summed E-state index contributed by atoms with van der Waals surface area (Å²) < 4.78 is 5.82. The average molecular weight is 535 g/mol. The number of hydrogen-bond donors (Lipinski definition) is 4. The Kier molecular flexibility index (Phi) is 13.0. The van der Waals surface area contributed by atoms with Crippen LogP contribution in [0, 0.1) is 0 Å². The molecular weight excluding hydrogens is 492 g/mol. The van der Waals surface area contributed by atoms with Crippen molar-refractivity contribution in [1.29, 1.82) is 0 Å². The van der Waals surface area contributed by atoms with E-state index >= 15 is 0 Å². The molecule has 3 rings (SSSR count). The average Bonchev–Trinajstić information content (AvgIpc) is 2.93. The summed E-state index contributed by atoms with van der Waals surface area (Å²) in [5.74, 6) is -0.0325. The maximum Gasteiger partial charge on any atom is 0.221 e. The maximum absolute atomic E-state index is 11.1. The van der Waals surface area contributed by atoms with E-state index in [2.05, 4.69) is 22.3 Å². The summed E-state index contributed by atoms with van der Waals surface area (Å²) in [6.45, 7) is 4.74. The SMILES string of the molecule is CC(=O)Nc1ccc(CCOCCCCCCN(Cc2ccccc2)CC(O)c2ccc(O)c(CO)c2)cc1. The Hall–Kier alpha value is -3.23. The number of aliphatic hydroxyl groups is 2. The molecule has 1 unspecified atom stereocenters. The third-order valence-electron chi connectivity index (χ3n) is 6.66. The zero-order chi connectivity index (χ0) is 27.9. The van der Waals surface area contributed by atoms with Crippen LogP contribution >= 0.6 is 0 Å². The highest BCUT2D eigenvalue weighted by molar-refractivity contribution is 5.88. The lowest BCUT2D eigenvalue weighted by molar-refractivity contribution is -0.114. The Morgan fingerprint density at radius 3 is 2.38 bits per heavy atom. The largest absolute Gasteiger partial charge is 0.508 e. The normalized spacial score (nSPS) is 12.0. The van der Waals surface area contributed by atoms with E-state index in [0.29, 0.717) is 24.3 Å². The molecule has 39 heavy (non-hydrogen) atoms. The van der Waals surface area contributed by atoms with Gasteiger partial charge in [0.1, 0.15) is 5.75 Å². The summed E-state index contributed by atoms with van der Waals surface area (Å²) in [5.41, 5.74) is 4.30. The molecule has 0 heterocycles. The van der Waals surface area contributed by atoms with E-state index < -0.39 is 6.10 Å². The third-order valence-corrected chi connectivity index (χ3v) is 6.66. The van der Waals surface area contributed by atoms with Crippen molar-refractivity contribution in [3.05, 3.63) is 95.1 Å². The van der Waals surface area contributed by atoms with Crippen molar-refractivity contribution in [1.82, 2.24) is 4.90 Å². The Balaban J connectivity index is 1.36. The number of ether oxygens (including phenoxy) is 1. The van der Waals surface area contributed by atoms with E-state index in [0.717, 1.165) is 57.5 Å². The molecule has 0 aliphatic carbocycles. The number of carbonyl (C=O) groups is 1. The van der Waals surface area contributed by atoms with E-state index in [1.807, 2.05) is 42.5 Å². The number of phenols is 1. The summed E-state index contributed by atoms with van der Waals surface area (Å²) in [6.07, 6.45) is 4.35. The number of unbranched alkanes of at least 4 members (excludes halogenated alkanes) is 3. The number of aromatic hydroxyl groups is 1. The van der Waals surface area contributed by atoms with Crippen LogP contribution < -0.4 is 5.32 Å². The monoisotopic (exact) mass is 534 g/mol. The number of nitrogens with one attached hydrogen (secondary N) is 1. The van der Waals surface area contributed by atoms with E-state index in [-0.39, 0.29) is 18.3 Å². The van der Waals surface area contributed by atoms with Crippen LogP contribution in [0.1, 0.15) is 61.0 Å². The minimum absolute atomic E-state index is 0.0379. The second-order valence-corrected chi connectivity index (χ2v) is 9.94. The topological polar surface area (TPSA) is 102 Å². The molecule has 3 aromatic rings. The number of aliphatic hydroxyl groups excluding tert-OH is 2. The lowest BCUT2D eigenvalue weighted by Gasteiger charge is -2.26. The van der Waals surface area contributed by atoms with Gasteiger partial charge < -0.3 is 25.4 Å². The van der Waals surface area contributed by atoms with Crippen molar-refractivity contribution in [2.75, 3.05) is 31.6 Å². The number of rotatable bonds is 17. The standard InChI is InChI=1S/C32H42N2O5/c1-25(36)33-30-14-11-26(12-15-30)17-20-39-19-8-3-2-7-18-34(22-27-9-5-4-6-10-27)23-32(38)28-13-16-31(37)29(21-28)24-35/h4-6,9-16,21,32,35,37-38H,2-3,7-8,17-20,22-24H2,1H3,(H,33,36). The fourth-order valence-corrected chi connectivity index (χ4v) is 4.51. The molecule has 0 radical (unpaired) electrons. The zero-order valence-corrected chi connectivity index (χ0v) is 22.9. The Labute approximate surface area is 232 Å². The van der Waals surface area contributed by atoms with Gasteiger partial charge in [-0.05, 0) is 66.8 Å². The van der Waals surface area contributed by atoms with Crippen LogP contribution in [0.2, 0.25) is 0 Å². The molecule has 0 aromatic heterocycles. The fraction of sp³-hybridized carbons (Fsp3) is 0.406. The first-order chi connectivity index (χ1) is 18.9. The Morgan fingerprint density at radius 1 is 0.923 bits per heavy atom. The predicted octanol–water partition coefficient (Wildman–Crippen LogP) is 5.20. The zero-order valence-electron chi connectivity index (χ0n) is 22.9. The molecule has 7 nitrogen and oxygen atoms in total. The van der Waals surface area contributed by atoms with Crippen molar-refractivity contribution >= 4 is 11.6 Å². The van der Waals surface area contributed by atoms with Crippen LogP contribution in [0.4, 0.5) is 5.69 Å². The third kappa shape index (κ3) is 11.2. The molecular formula is C32H42N2O5. The molecule has 0 aliphatic rings. The van der Waals surface area contributed by atoms with Gasteiger partial charge >= 0.3 is 0 Å². The number of nitrogens with zero attached hydrogens (tertiary/aromatic N) is 1. The van der Waals surface area contributed by atoms with Crippen molar-refractivity contribution in [2.45, 2.75) is 58.3 Å². The number of amides is 1. The number of carbonyl (C=O) groups excluding carboxylic acids is 1. The molecule has 3 aromatic carbocycles. The molecule has 1 amide bonds.